The number of nitriles is 1. The van der Waals surface area contributed by atoms with Gasteiger partial charge in [0, 0.05) is 18.7 Å². The summed E-state index contributed by atoms with van der Waals surface area (Å²) in [6.45, 7) is 2.99. The van der Waals surface area contributed by atoms with Gasteiger partial charge in [-0.25, -0.2) is 0 Å². The molecule has 1 aliphatic heterocycles. The fourth-order valence-corrected chi connectivity index (χ4v) is 2.77. The normalized spacial score (nSPS) is 41.3. The van der Waals surface area contributed by atoms with Crippen LogP contribution in [0, 0.1) is 17.2 Å². The zero-order valence-corrected chi connectivity index (χ0v) is 9.41. The molecular formula is C12H20N2O. The van der Waals surface area contributed by atoms with Crippen molar-refractivity contribution >= 4 is 0 Å². The molecule has 0 aromatic carbocycles. The molecular weight excluding hydrogens is 188 g/mol. The number of ether oxygens (including phenoxy) is 1. The summed E-state index contributed by atoms with van der Waals surface area (Å²) in [6.07, 6.45) is 6.01. The molecule has 1 heterocycles. The van der Waals surface area contributed by atoms with Gasteiger partial charge < -0.3 is 10.1 Å². The maximum Gasteiger partial charge on any atom is 0.0672 e. The lowest BCUT2D eigenvalue weighted by molar-refractivity contribution is 0.0108. The van der Waals surface area contributed by atoms with Crippen LogP contribution in [0.15, 0.2) is 0 Å². The molecule has 4 unspecified atom stereocenters. The lowest BCUT2D eigenvalue weighted by atomic mass is 10.00. The van der Waals surface area contributed by atoms with Crippen LogP contribution >= 0.6 is 0 Å². The second-order valence-corrected chi connectivity index (χ2v) is 4.84. The quantitative estimate of drug-likeness (QED) is 0.753. The molecule has 4 atom stereocenters. The molecule has 2 aliphatic rings. The Bertz CT molecular complexity index is 248. The van der Waals surface area contributed by atoms with E-state index in [-0.39, 0.29) is 5.92 Å². The Balaban J connectivity index is 1.83. The van der Waals surface area contributed by atoms with Gasteiger partial charge in [-0.2, -0.15) is 5.26 Å². The summed E-state index contributed by atoms with van der Waals surface area (Å²) in [7, 11) is 0. The molecule has 1 saturated heterocycles. The summed E-state index contributed by atoms with van der Waals surface area (Å²) in [4.78, 5) is 0. The minimum atomic E-state index is 0.239. The van der Waals surface area contributed by atoms with Crippen LogP contribution in [0.4, 0.5) is 0 Å². The molecule has 0 bridgehead atoms. The van der Waals surface area contributed by atoms with Crippen molar-refractivity contribution in [3.8, 4) is 6.07 Å². The number of hydrogen-bond donors (Lipinski definition) is 1. The minimum absolute atomic E-state index is 0.239. The van der Waals surface area contributed by atoms with E-state index in [0.29, 0.717) is 18.2 Å². The highest BCUT2D eigenvalue weighted by Crippen LogP contribution is 2.26. The fraction of sp³-hybridized carbons (Fsp3) is 0.917. The Labute approximate surface area is 91.8 Å². The van der Waals surface area contributed by atoms with Crippen molar-refractivity contribution in [2.45, 2.75) is 57.2 Å². The van der Waals surface area contributed by atoms with Crippen LogP contribution in [0.3, 0.4) is 0 Å². The molecule has 2 rings (SSSR count). The molecule has 1 aliphatic carbocycles. The van der Waals surface area contributed by atoms with Crippen LogP contribution in [-0.2, 0) is 4.74 Å². The van der Waals surface area contributed by atoms with Crippen molar-refractivity contribution in [2.24, 2.45) is 5.92 Å². The number of rotatable bonds is 2. The first-order valence-corrected chi connectivity index (χ1v) is 6.07. The summed E-state index contributed by atoms with van der Waals surface area (Å²) in [5.41, 5.74) is 0. The number of hydrogen-bond acceptors (Lipinski definition) is 3. The van der Waals surface area contributed by atoms with Gasteiger partial charge in [0.05, 0.1) is 18.1 Å². The lowest BCUT2D eigenvalue weighted by Crippen LogP contribution is -2.44. The maximum absolute atomic E-state index is 9.00. The van der Waals surface area contributed by atoms with E-state index in [4.69, 9.17) is 10.00 Å². The van der Waals surface area contributed by atoms with Crippen LogP contribution in [-0.4, -0.2) is 24.8 Å². The van der Waals surface area contributed by atoms with Gasteiger partial charge in [-0.15, -0.1) is 0 Å². The van der Waals surface area contributed by atoms with Gasteiger partial charge in [0.25, 0.3) is 0 Å². The highest BCUT2D eigenvalue weighted by Gasteiger charge is 2.30. The van der Waals surface area contributed by atoms with Gasteiger partial charge in [0.1, 0.15) is 0 Å². The first-order valence-electron chi connectivity index (χ1n) is 6.07. The average molecular weight is 208 g/mol. The van der Waals surface area contributed by atoms with Gasteiger partial charge in [-0.1, -0.05) is 6.42 Å². The summed E-state index contributed by atoms with van der Waals surface area (Å²) in [5, 5.41) is 12.6. The van der Waals surface area contributed by atoms with E-state index in [1.165, 1.54) is 12.8 Å². The van der Waals surface area contributed by atoms with Crippen LogP contribution in [0.1, 0.15) is 39.0 Å². The predicted octanol–water partition coefficient (Wildman–Crippen LogP) is 1.84. The highest BCUT2D eigenvalue weighted by atomic mass is 16.5. The fourth-order valence-electron chi connectivity index (χ4n) is 2.77. The van der Waals surface area contributed by atoms with Crippen molar-refractivity contribution in [3.05, 3.63) is 0 Å². The minimum Gasteiger partial charge on any atom is -0.378 e. The predicted molar refractivity (Wildman–Crippen MR) is 58.3 cm³/mol. The molecule has 15 heavy (non-hydrogen) atoms. The van der Waals surface area contributed by atoms with Crippen molar-refractivity contribution in [1.29, 1.82) is 5.26 Å². The molecule has 0 radical (unpaired) electrons. The van der Waals surface area contributed by atoms with E-state index in [2.05, 4.69) is 18.3 Å². The Morgan fingerprint density at radius 1 is 1.33 bits per heavy atom. The first-order chi connectivity index (χ1) is 7.29. The van der Waals surface area contributed by atoms with E-state index < -0.39 is 0 Å². The third-order valence-corrected chi connectivity index (χ3v) is 3.62. The zero-order valence-electron chi connectivity index (χ0n) is 9.41. The second kappa shape index (κ2) is 4.96. The summed E-state index contributed by atoms with van der Waals surface area (Å²) in [6, 6.07) is 3.42. The summed E-state index contributed by atoms with van der Waals surface area (Å²) >= 11 is 0. The highest BCUT2D eigenvalue weighted by molar-refractivity contribution is 4.97. The molecule has 84 valence electrons. The molecule has 0 amide bonds. The third kappa shape index (κ3) is 2.70. The first kappa shape index (κ1) is 10.9. The van der Waals surface area contributed by atoms with Gasteiger partial charge in [0.15, 0.2) is 0 Å². The lowest BCUT2D eigenvalue weighted by Gasteiger charge is -2.31. The van der Waals surface area contributed by atoms with Gasteiger partial charge in [-0.05, 0) is 32.6 Å². The molecule has 0 aromatic heterocycles. The smallest absolute Gasteiger partial charge is 0.0672 e. The Hall–Kier alpha value is -0.590. The second-order valence-electron chi connectivity index (χ2n) is 4.84. The van der Waals surface area contributed by atoms with E-state index >= 15 is 0 Å². The van der Waals surface area contributed by atoms with Gasteiger partial charge >= 0.3 is 0 Å². The molecule has 0 aromatic rings. The van der Waals surface area contributed by atoms with Gasteiger partial charge in [-0.3, -0.25) is 0 Å². The standard InChI is InChI=1S/C12H20N2O/c1-9-7-11(5-6-15-9)14-12-4-2-3-10(12)8-13/h9-12,14H,2-7H2,1H3. The monoisotopic (exact) mass is 208 g/mol. The van der Waals surface area contributed by atoms with Crippen LogP contribution in [0.25, 0.3) is 0 Å². The molecule has 3 heteroatoms. The van der Waals surface area contributed by atoms with Crippen LogP contribution in [0.5, 0.6) is 0 Å². The number of nitrogens with zero attached hydrogens (tertiary/aromatic N) is 1. The summed E-state index contributed by atoms with van der Waals surface area (Å²) in [5.74, 6) is 0.239. The SMILES string of the molecule is CC1CC(NC2CCCC2C#N)CCO1. The van der Waals surface area contributed by atoms with Crippen molar-refractivity contribution in [2.75, 3.05) is 6.61 Å². The zero-order chi connectivity index (χ0) is 10.7. The molecule has 3 nitrogen and oxygen atoms in total. The van der Waals surface area contributed by atoms with Gasteiger partial charge in [0.2, 0.25) is 0 Å². The molecule has 1 N–H and O–H groups in total. The Morgan fingerprint density at radius 3 is 2.93 bits per heavy atom. The molecule has 2 fully saturated rings. The van der Waals surface area contributed by atoms with Crippen molar-refractivity contribution in [3.63, 3.8) is 0 Å². The molecule has 1 saturated carbocycles. The van der Waals surface area contributed by atoms with E-state index in [0.717, 1.165) is 25.9 Å². The van der Waals surface area contributed by atoms with E-state index in [9.17, 15) is 0 Å². The topological polar surface area (TPSA) is 45.0 Å². The van der Waals surface area contributed by atoms with E-state index in [1.54, 1.807) is 0 Å². The number of nitrogens with one attached hydrogen (secondary N) is 1. The van der Waals surface area contributed by atoms with Crippen LogP contribution in [0.2, 0.25) is 0 Å². The van der Waals surface area contributed by atoms with Crippen molar-refractivity contribution < 1.29 is 4.74 Å². The third-order valence-electron chi connectivity index (χ3n) is 3.62. The van der Waals surface area contributed by atoms with E-state index in [1.807, 2.05) is 0 Å². The van der Waals surface area contributed by atoms with Crippen molar-refractivity contribution in [1.82, 2.24) is 5.32 Å². The summed E-state index contributed by atoms with van der Waals surface area (Å²) < 4.78 is 5.52. The maximum atomic E-state index is 9.00. The molecule has 0 spiro atoms. The largest absolute Gasteiger partial charge is 0.378 e. The van der Waals surface area contributed by atoms with Crippen LogP contribution < -0.4 is 5.32 Å². The Kier molecular flexibility index (Phi) is 3.61. The average Bonchev–Trinajstić information content (AvgIpc) is 2.65. The Morgan fingerprint density at radius 2 is 2.20 bits per heavy atom.